The Kier molecular flexibility index (Phi) is 6.92. The summed E-state index contributed by atoms with van der Waals surface area (Å²) >= 11 is 1.69. The monoisotopic (exact) mass is 439 g/mol. The van der Waals surface area contributed by atoms with Gasteiger partial charge in [-0.25, -0.2) is 4.98 Å². The molecule has 3 aromatic rings. The Morgan fingerprint density at radius 2 is 1.74 bits per heavy atom. The van der Waals surface area contributed by atoms with Gasteiger partial charge in [0.2, 0.25) is 5.91 Å². The third kappa shape index (κ3) is 5.28. The third-order valence-corrected chi connectivity index (χ3v) is 6.58. The van der Waals surface area contributed by atoms with Crippen LogP contribution in [0.15, 0.2) is 42.5 Å². The predicted octanol–water partition coefficient (Wildman–Crippen LogP) is 4.63. The predicted molar refractivity (Wildman–Crippen MR) is 125 cm³/mol. The van der Waals surface area contributed by atoms with Crippen LogP contribution in [-0.4, -0.2) is 37.2 Å². The number of aromatic nitrogens is 1. The summed E-state index contributed by atoms with van der Waals surface area (Å²) in [5.74, 6) is 1.93. The van der Waals surface area contributed by atoms with Gasteiger partial charge in [-0.3, -0.25) is 4.79 Å². The third-order valence-electron chi connectivity index (χ3n) is 5.50. The first kappa shape index (κ1) is 21.4. The molecule has 0 unspecified atom stereocenters. The molecule has 1 aromatic heterocycles. The molecule has 0 radical (unpaired) electrons. The first-order valence-electron chi connectivity index (χ1n) is 10.9. The van der Waals surface area contributed by atoms with Gasteiger partial charge in [0.15, 0.2) is 5.13 Å². The summed E-state index contributed by atoms with van der Waals surface area (Å²) in [5, 5.41) is 4.11. The average Bonchev–Trinajstić information content (AvgIpc) is 3.22. The SMILES string of the molecule is CCOc1ccc(CNC(=O)C2CCN(c3nc4ccc(OCC)cc4s3)CC2)cc1. The van der Waals surface area contributed by atoms with E-state index in [4.69, 9.17) is 14.5 Å². The molecule has 0 atom stereocenters. The Bertz CT molecular complexity index is 1010. The van der Waals surface area contributed by atoms with Crippen LogP contribution in [0.3, 0.4) is 0 Å². The quantitative estimate of drug-likeness (QED) is 0.555. The number of rotatable bonds is 8. The molecule has 2 heterocycles. The van der Waals surface area contributed by atoms with E-state index in [1.165, 1.54) is 0 Å². The number of ether oxygens (including phenoxy) is 2. The number of thiazole rings is 1. The maximum atomic E-state index is 12.6. The fraction of sp³-hybridized carbons (Fsp3) is 0.417. The first-order chi connectivity index (χ1) is 15.2. The van der Waals surface area contributed by atoms with Crippen molar-refractivity contribution in [2.45, 2.75) is 33.2 Å². The highest BCUT2D eigenvalue weighted by Gasteiger charge is 2.26. The highest BCUT2D eigenvalue weighted by molar-refractivity contribution is 7.22. The zero-order valence-electron chi connectivity index (χ0n) is 18.1. The highest BCUT2D eigenvalue weighted by atomic mass is 32.1. The number of anilines is 1. The van der Waals surface area contributed by atoms with Gasteiger partial charge >= 0.3 is 0 Å². The van der Waals surface area contributed by atoms with Gasteiger partial charge in [-0.15, -0.1) is 0 Å². The van der Waals surface area contributed by atoms with Crippen LogP contribution in [0, 0.1) is 5.92 Å². The van der Waals surface area contributed by atoms with Crippen molar-refractivity contribution in [1.82, 2.24) is 10.3 Å². The molecule has 2 aromatic carbocycles. The van der Waals surface area contributed by atoms with Crippen LogP contribution in [0.4, 0.5) is 5.13 Å². The molecule has 1 aliphatic rings. The number of carbonyl (C=O) groups excluding carboxylic acids is 1. The van der Waals surface area contributed by atoms with Gasteiger partial charge in [0.25, 0.3) is 0 Å². The lowest BCUT2D eigenvalue weighted by atomic mass is 9.96. The Balaban J connectivity index is 1.28. The molecule has 7 heteroatoms. The molecule has 1 amide bonds. The maximum Gasteiger partial charge on any atom is 0.223 e. The Morgan fingerprint density at radius 3 is 2.45 bits per heavy atom. The average molecular weight is 440 g/mol. The van der Waals surface area contributed by atoms with Gasteiger partial charge in [0, 0.05) is 25.6 Å². The molecule has 1 saturated heterocycles. The second kappa shape index (κ2) is 10.0. The Morgan fingerprint density at radius 1 is 1.06 bits per heavy atom. The van der Waals surface area contributed by atoms with Crippen molar-refractivity contribution in [3.63, 3.8) is 0 Å². The number of carbonyl (C=O) groups is 1. The molecule has 1 N–H and O–H groups in total. The van der Waals surface area contributed by atoms with E-state index in [9.17, 15) is 4.79 Å². The molecule has 0 bridgehead atoms. The van der Waals surface area contributed by atoms with Crippen LogP contribution in [0.5, 0.6) is 11.5 Å². The minimum atomic E-state index is 0.0536. The Hall–Kier alpha value is -2.80. The molecule has 0 saturated carbocycles. The van der Waals surface area contributed by atoms with Crippen LogP contribution in [0.1, 0.15) is 32.3 Å². The molecule has 1 fully saturated rings. The second-order valence-electron chi connectivity index (χ2n) is 7.62. The molecule has 4 rings (SSSR count). The summed E-state index contributed by atoms with van der Waals surface area (Å²) in [4.78, 5) is 19.7. The van der Waals surface area contributed by atoms with Crippen molar-refractivity contribution in [1.29, 1.82) is 0 Å². The summed E-state index contributed by atoms with van der Waals surface area (Å²) in [6, 6.07) is 13.9. The van der Waals surface area contributed by atoms with Crippen LogP contribution in [0.25, 0.3) is 10.2 Å². The van der Waals surface area contributed by atoms with Crippen molar-refractivity contribution >= 4 is 32.6 Å². The van der Waals surface area contributed by atoms with Crippen LogP contribution < -0.4 is 19.7 Å². The first-order valence-corrected chi connectivity index (χ1v) is 11.8. The number of benzene rings is 2. The molecular formula is C24H29N3O3S. The minimum absolute atomic E-state index is 0.0536. The highest BCUT2D eigenvalue weighted by Crippen LogP contribution is 2.33. The van der Waals surface area contributed by atoms with Crippen LogP contribution in [-0.2, 0) is 11.3 Å². The van der Waals surface area contributed by atoms with Crippen molar-refractivity contribution < 1.29 is 14.3 Å². The van der Waals surface area contributed by atoms with Gasteiger partial charge in [-0.05, 0) is 62.6 Å². The van der Waals surface area contributed by atoms with Gasteiger partial charge in [0.1, 0.15) is 11.5 Å². The molecule has 6 nitrogen and oxygen atoms in total. The summed E-state index contributed by atoms with van der Waals surface area (Å²) in [7, 11) is 0. The second-order valence-corrected chi connectivity index (χ2v) is 8.62. The lowest BCUT2D eigenvalue weighted by Gasteiger charge is -2.31. The number of nitrogens with one attached hydrogen (secondary N) is 1. The smallest absolute Gasteiger partial charge is 0.223 e. The molecule has 1 aliphatic heterocycles. The van der Waals surface area contributed by atoms with Gasteiger partial charge in [0.05, 0.1) is 23.4 Å². The van der Waals surface area contributed by atoms with E-state index in [0.29, 0.717) is 19.8 Å². The zero-order chi connectivity index (χ0) is 21.6. The van der Waals surface area contributed by atoms with Crippen LogP contribution >= 0.6 is 11.3 Å². The number of hydrogen-bond donors (Lipinski definition) is 1. The van der Waals surface area contributed by atoms with E-state index in [1.54, 1.807) is 11.3 Å². The van der Waals surface area contributed by atoms with Crippen molar-refractivity contribution in [2.24, 2.45) is 5.92 Å². The van der Waals surface area contributed by atoms with Crippen molar-refractivity contribution in [2.75, 3.05) is 31.2 Å². The largest absolute Gasteiger partial charge is 0.494 e. The van der Waals surface area contributed by atoms with Crippen molar-refractivity contribution in [3.05, 3.63) is 48.0 Å². The van der Waals surface area contributed by atoms with Gasteiger partial charge < -0.3 is 19.7 Å². The molecule has 0 spiro atoms. The molecule has 164 valence electrons. The van der Waals surface area contributed by atoms with Crippen LogP contribution in [0.2, 0.25) is 0 Å². The van der Waals surface area contributed by atoms with E-state index in [1.807, 2.05) is 50.2 Å². The van der Waals surface area contributed by atoms with Gasteiger partial charge in [-0.1, -0.05) is 23.5 Å². The number of amides is 1. The maximum absolute atomic E-state index is 12.6. The fourth-order valence-corrected chi connectivity index (χ4v) is 4.87. The van der Waals surface area contributed by atoms with E-state index in [0.717, 1.165) is 58.3 Å². The number of piperidine rings is 1. The fourth-order valence-electron chi connectivity index (χ4n) is 3.82. The number of hydrogen-bond acceptors (Lipinski definition) is 6. The zero-order valence-corrected chi connectivity index (χ0v) is 18.9. The van der Waals surface area contributed by atoms with Gasteiger partial charge in [-0.2, -0.15) is 0 Å². The molecular weight excluding hydrogens is 410 g/mol. The summed E-state index contributed by atoms with van der Waals surface area (Å²) in [6.07, 6.45) is 1.68. The van der Waals surface area contributed by atoms with E-state index >= 15 is 0 Å². The minimum Gasteiger partial charge on any atom is -0.494 e. The van der Waals surface area contributed by atoms with E-state index < -0.39 is 0 Å². The Labute approximate surface area is 187 Å². The van der Waals surface area contributed by atoms with Crippen molar-refractivity contribution in [3.8, 4) is 11.5 Å². The van der Waals surface area contributed by atoms with E-state index in [-0.39, 0.29) is 11.8 Å². The van der Waals surface area contributed by atoms with E-state index in [2.05, 4.69) is 16.3 Å². The normalized spacial score (nSPS) is 14.6. The number of fused-ring (bicyclic) bond motifs is 1. The lowest BCUT2D eigenvalue weighted by Crippen LogP contribution is -2.40. The summed E-state index contributed by atoms with van der Waals surface area (Å²) in [5.41, 5.74) is 2.08. The summed E-state index contributed by atoms with van der Waals surface area (Å²) in [6.45, 7) is 7.50. The standard InChI is InChI=1S/C24H29N3O3S/c1-3-29-19-7-5-17(6-8-19)16-25-23(28)18-11-13-27(14-12-18)24-26-21-10-9-20(30-4-2)15-22(21)31-24/h5-10,15,18H,3-4,11-14,16H2,1-2H3,(H,25,28). The topological polar surface area (TPSA) is 63.7 Å². The number of nitrogens with zero attached hydrogens (tertiary/aromatic N) is 2. The molecule has 31 heavy (non-hydrogen) atoms. The lowest BCUT2D eigenvalue weighted by molar-refractivity contribution is -0.125. The summed E-state index contributed by atoms with van der Waals surface area (Å²) < 4.78 is 12.2. The molecule has 0 aliphatic carbocycles.